The fraction of sp³-hybridized carbons (Fsp3) is 0.529. The summed E-state index contributed by atoms with van der Waals surface area (Å²) in [7, 11) is 0. The van der Waals surface area contributed by atoms with E-state index in [1.807, 2.05) is 12.1 Å². The highest BCUT2D eigenvalue weighted by Crippen LogP contribution is 2.05. The Morgan fingerprint density at radius 2 is 1.73 bits per heavy atom. The van der Waals surface area contributed by atoms with Crippen LogP contribution >= 0.6 is 0 Å². The van der Waals surface area contributed by atoms with E-state index in [1.165, 1.54) is 0 Å². The monoisotopic (exact) mass is 369 g/mol. The number of nitrogens with one attached hydrogen (secondary N) is 2. The zero-order valence-electron chi connectivity index (χ0n) is 15.0. The molecular formula is C17H27N3O6. The van der Waals surface area contributed by atoms with E-state index >= 15 is 0 Å². The van der Waals surface area contributed by atoms with Crippen molar-refractivity contribution in [3.05, 3.63) is 30.1 Å². The standard InChI is InChI=1S/C13H19N3O2.2C2H4O2/c17-12-5-8-15-9-11(12)16-13(18)2-1-10-3-6-14-7-4-10;2*1-2(3)4/h3-4,6-7,11-12,15,17H,1-2,5,8-9H2,(H,16,18);2*1H3,(H,3,4)/t11-,12+;;/m0../s1. The van der Waals surface area contributed by atoms with E-state index < -0.39 is 18.0 Å². The van der Waals surface area contributed by atoms with Crippen molar-refractivity contribution in [1.82, 2.24) is 15.6 Å². The smallest absolute Gasteiger partial charge is 0.300 e. The van der Waals surface area contributed by atoms with Crippen molar-refractivity contribution in [1.29, 1.82) is 0 Å². The topological polar surface area (TPSA) is 149 Å². The quantitative estimate of drug-likeness (QED) is 0.499. The van der Waals surface area contributed by atoms with Gasteiger partial charge in [-0.15, -0.1) is 0 Å². The Balaban J connectivity index is 0.000000662. The molecule has 1 saturated heterocycles. The third-order valence-electron chi connectivity index (χ3n) is 3.18. The van der Waals surface area contributed by atoms with E-state index in [4.69, 9.17) is 19.8 Å². The molecule has 0 unspecified atom stereocenters. The minimum atomic E-state index is -0.833. The van der Waals surface area contributed by atoms with Gasteiger partial charge < -0.3 is 26.0 Å². The van der Waals surface area contributed by atoms with Crippen LogP contribution in [0.4, 0.5) is 0 Å². The molecule has 1 fully saturated rings. The van der Waals surface area contributed by atoms with Gasteiger partial charge in [0.1, 0.15) is 0 Å². The molecule has 0 aliphatic carbocycles. The van der Waals surface area contributed by atoms with E-state index in [0.29, 0.717) is 25.8 Å². The normalized spacial score (nSPS) is 18.3. The highest BCUT2D eigenvalue weighted by Gasteiger charge is 2.23. The molecule has 2 rings (SSSR count). The van der Waals surface area contributed by atoms with Crippen LogP contribution in [0.25, 0.3) is 0 Å². The minimum Gasteiger partial charge on any atom is -0.481 e. The van der Waals surface area contributed by atoms with Crippen LogP contribution in [0.1, 0.15) is 32.3 Å². The molecule has 146 valence electrons. The summed E-state index contributed by atoms with van der Waals surface area (Å²) in [4.78, 5) is 33.7. The van der Waals surface area contributed by atoms with Gasteiger partial charge in [-0.1, -0.05) is 0 Å². The number of nitrogens with zero attached hydrogens (tertiary/aromatic N) is 1. The van der Waals surface area contributed by atoms with Gasteiger partial charge in [0.05, 0.1) is 12.1 Å². The first-order valence-electron chi connectivity index (χ1n) is 8.18. The maximum Gasteiger partial charge on any atom is 0.300 e. The van der Waals surface area contributed by atoms with Gasteiger partial charge in [0.2, 0.25) is 5.91 Å². The summed E-state index contributed by atoms with van der Waals surface area (Å²) in [6.45, 7) is 3.62. The highest BCUT2D eigenvalue weighted by atomic mass is 16.4. The second kappa shape index (κ2) is 13.7. The predicted molar refractivity (Wildman–Crippen MR) is 94.6 cm³/mol. The Morgan fingerprint density at radius 3 is 2.23 bits per heavy atom. The Hall–Kier alpha value is -2.52. The molecule has 2 heterocycles. The number of piperidine rings is 1. The number of hydrogen-bond acceptors (Lipinski definition) is 6. The van der Waals surface area contributed by atoms with Gasteiger partial charge in [0.15, 0.2) is 0 Å². The Kier molecular flexibility index (Phi) is 12.4. The van der Waals surface area contributed by atoms with Crippen molar-refractivity contribution in [2.45, 2.75) is 45.3 Å². The number of aliphatic carboxylic acids is 2. The lowest BCUT2D eigenvalue weighted by molar-refractivity contribution is -0.135. The lowest BCUT2D eigenvalue weighted by atomic mass is 10.0. The van der Waals surface area contributed by atoms with Crippen molar-refractivity contribution in [2.24, 2.45) is 0 Å². The third-order valence-corrected chi connectivity index (χ3v) is 3.18. The largest absolute Gasteiger partial charge is 0.481 e. The number of carboxylic acids is 2. The molecule has 9 heteroatoms. The van der Waals surface area contributed by atoms with Crippen LogP contribution in [0, 0.1) is 0 Å². The van der Waals surface area contributed by atoms with Crippen molar-refractivity contribution in [2.75, 3.05) is 13.1 Å². The molecule has 0 aromatic carbocycles. The average Bonchev–Trinajstić information content (AvgIpc) is 2.55. The van der Waals surface area contributed by atoms with Crippen molar-refractivity contribution >= 4 is 17.8 Å². The molecule has 0 saturated carbocycles. The lowest BCUT2D eigenvalue weighted by Gasteiger charge is -2.29. The molecule has 0 bridgehead atoms. The number of aromatic nitrogens is 1. The SMILES string of the molecule is CC(=O)O.CC(=O)O.O=C(CCc1ccncc1)N[C@H]1CNCC[C@H]1O. The number of rotatable bonds is 4. The second-order valence-corrected chi connectivity index (χ2v) is 5.63. The Bertz CT molecular complexity index is 533. The fourth-order valence-electron chi connectivity index (χ4n) is 2.08. The van der Waals surface area contributed by atoms with Gasteiger partial charge >= 0.3 is 0 Å². The molecule has 1 amide bonds. The molecule has 1 aliphatic rings. The zero-order valence-corrected chi connectivity index (χ0v) is 15.0. The number of pyridine rings is 1. The fourth-order valence-corrected chi connectivity index (χ4v) is 2.08. The summed E-state index contributed by atoms with van der Waals surface area (Å²) in [6, 6.07) is 3.65. The van der Waals surface area contributed by atoms with Crippen molar-refractivity contribution in [3.8, 4) is 0 Å². The Morgan fingerprint density at radius 1 is 1.19 bits per heavy atom. The molecule has 1 aromatic heterocycles. The molecule has 5 N–H and O–H groups in total. The number of carbonyl (C=O) groups is 3. The highest BCUT2D eigenvalue weighted by molar-refractivity contribution is 5.76. The molecule has 1 aromatic rings. The maximum absolute atomic E-state index is 11.8. The van der Waals surface area contributed by atoms with E-state index in [9.17, 15) is 9.90 Å². The number of aliphatic hydroxyl groups excluding tert-OH is 1. The van der Waals surface area contributed by atoms with Crippen LogP contribution in [-0.4, -0.2) is 63.4 Å². The summed E-state index contributed by atoms with van der Waals surface area (Å²) in [5, 5.41) is 30.6. The van der Waals surface area contributed by atoms with E-state index in [1.54, 1.807) is 12.4 Å². The predicted octanol–water partition coefficient (Wildman–Crippen LogP) is 0.0350. The average molecular weight is 369 g/mol. The first-order valence-corrected chi connectivity index (χ1v) is 8.18. The molecular weight excluding hydrogens is 342 g/mol. The zero-order chi connectivity index (χ0) is 19.9. The summed E-state index contributed by atoms with van der Waals surface area (Å²) in [5.74, 6) is -1.68. The number of aliphatic hydroxyl groups is 1. The van der Waals surface area contributed by atoms with Crippen LogP contribution in [-0.2, 0) is 20.8 Å². The molecule has 26 heavy (non-hydrogen) atoms. The summed E-state index contributed by atoms with van der Waals surface area (Å²) >= 11 is 0. The van der Waals surface area contributed by atoms with Gasteiger partial charge in [-0.05, 0) is 37.1 Å². The maximum atomic E-state index is 11.8. The lowest BCUT2D eigenvalue weighted by Crippen LogP contribution is -2.53. The summed E-state index contributed by atoms with van der Waals surface area (Å²) in [6.07, 6.45) is 4.84. The Labute approximate surface area is 152 Å². The number of carbonyl (C=O) groups excluding carboxylic acids is 1. The molecule has 9 nitrogen and oxygen atoms in total. The summed E-state index contributed by atoms with van der Waals surface area (Å²) in [5.41, 5.74) is 1.10. The molecule has 2 atom stereocenters. The minimum absolute atomic E-state index is 0.0143. The third kappa shape index (κ3) is 13.9. The summed E-state index contributed by atoms with van der Waals surface area (Å²) < 4.78 is 0. The van der Waals surface area contributed by atoms with Crippen molar-refractivity contribution in [3.63, 3.8) is 0 Å². The second-order valence-electron chi connectivity index (χ2n) is 5.63. The van der Waals surface area contributed by atoms with Crippen LogP contribution in [0.5, 0.6) is 0 Å². The first kappa shape index (κ1) is 23.5. The van der Waals surface area contributed by atoms with Crippen LogP contribution < -0.4 is 10.6 Å². The molecule has 0 radical (unpaired) electrons. The van der Waals surface area contributed by atoms with E-state index in [0.717, 1.165) is 26.0 Å². The first-order chi connectivity index (χ1) is 12.2. The van der Waals surface area contributed by atoms with Crippen molar-refractivity contribution < 1.29 is 29.7 Å². The van der Waals surface area contributed by atoms with Gasteiger partial charge in [-0.2, -0.15) is 0 Å². The molecule has 1 aliphatic heterocycles. The van der Waals surface area contributed by atoms with Gasteiger partial charge in [-0.3, -0.25) is 19.4 Å². The number of aryl methyl sites for hydroxylation is 1. The van der Waals surface area contributed by atoms with Crippen LogP contribution in [0.3, 0.4) is 0 Å². The number of carboxylic acid groups (broad SMARTS) is 2. The number of hydrogen-bond donors (Lipinski definition) is 5. The van der Waals surface area contributed by atoms with E-state index in [2.05, 4.69) is 15.6 Å². The molecule has 0 spiro atoms. The van der Waals surface area contributed by atoms with Crippen LogP contribution in [0.15, 0.2) is 24.5 Å². The number of amides is 1. The van der Waals surface area contributed by atoms with Gasteiger partial charge in [-0.25, -0.2) is 0 Å². The van der Waals surface area contributed by atoms with Crippen LogP contribution in [0.2, 0.25) is 0 Å². The van der Waals surface area contributed by atoms with Gasteiger partial charge in [0.25, 0.3) is 11.9 Å². The van der Waals surface area contributed by atoms with Gasteiger partial charge in [0, 0.05) is 39.2 Å². The van der Waals surface area contributed by atoms with E-state index in [-0.39, 0.29) is 11.9 Å².